The van der Waals surface area contributed by atoms with Crippen molar-refractivity contribution < 1.29 is 4.42 Å². The lowest BCUT2D eigenvalue weighted by Crippen LogP contribution is -2.09. The van der Waals surface area contributed by atoms with Crippen molar-refractivity contribution in [2.75, 3.05) is 4.90 Å². The normalized spacial score (nSPS) is 11.1. The molecular formula is C50H35NO. The van der Waals surface area contributed by atoms with Crippen molar-refractivity contribution in [3.8, 4) is 55.8 Å². The van der Waals surface area contributed by atoms with Gasteiger partial charge in [0.1, 0.15) is 11.3 Å². The molecule has 0 saturated heterocycles. The molecule has 9 rings (SSSR count). The lowest BCUT2D eigenvalue weighted by Gasteiger charge is -2.26. The number of hydrogen-bond donors (Lipinski definition) is 0. The summed E-state index contributed by atoms with van der Waals surface area (Å²) in [5.41, 5.74) is 14.7. The molecule has 0 fully saturated rings. The van der Waals surface area contributed by atoms with Gasteiger partial charge in [0.05, 0.1) is 0 Å². The number of benzene rings is 8. The van der Waals surface area contributed by atoms with E-state index in [0.717, 1.165) is 61.6 Å². The molecule has 0 bridgehead atoms. The highest BCUT2D eigenvalue weighted by molar-refractivity contribution is 5.90. The van der Waals surface area contributed by atoms with E-state index in [0.29, 0.717) is 0 Å². The van der Waals surface area contributed by atoms with Gasteiger partial charge < -0.3 is 9.32 Å². The zero-order valence-corrected chi connectivity index (χ0v) is 28.6. The Morgan fingerprint density at radius 1 is 0.288 bits per heavy atom. The standard InChI is InChI=1S/C50H35NO/c1-4-12-36(13-5-1)37-20-22-38(23-21-37)39-24-29-45(30-25-39)51(44-17-8-3-9-18-44)46-31-26-40(27-32-46)42-28-33-47(41-14-6-2-7-15-41)48(34-42)50-35-43-16-10-11-19-49(43)52-50/h1-35H. The van der Waals surface area contributed by atoms with Crippen LogP contribution in [0.4, 0.5) is 17.1 Å². The number of furan rings is 1. The maximum absolute atomic E-state index is 6.41. The van der Waals surface area contributed by atoms with Crippen LogP contribution in [0.3, 0.4) is 0 Å². The maximum Gasteiger partial charge on any atom is 0.136 e. The van der Waals surface area contributed by atoms with E-state index in [9.17, 15) is 0 Å². The zero-order valence-electron chi connectivity index (χ0n) is 28.6. The van der Waals surface area contributed by atoms with Gasteiger partial charge in [-0.2, -0.15) is 0 Å². The smallest absolute Gasteiger partial charge is 0.136 e. The molecule has 1 heterocycles. The van der Waals surface area contributed by atoms with Gasteiger partial charge in [0.2, 0.25) is 0 Å². The number of para-hydroxylation sites is 2. The topological polar surface area (TPSA) is 16.4 Å². The van der Waals surface area contributed by atoms with Crippen LogP contribution in [-0.4, -0.2) is 0 Å². The molecule has 0 spiro atoms. The van der Waals surface area contributed by atoms with Crippen molar-refractivity contribution in [3.05, 3.63) is 212 Å². The first-order valence-electron chi connectivity index (χ1n) is 17.7. The summed E-state index contributed by atoms with van der Waals surface area (Å²) < 4.78 is 6.41. The third-order valence-electron chi connectivity index (χ3n) is 9.72. The highest BCUT2D eigenvalue weighted by Crippen LogP contribution is 2.40. The first-order valence-corrected chi connectivity index (χ1v) is 17.7. The Labute approximate surface area is 304 Å². The molecule has 0 radical (unpaired) electrons. The van der Waals surface area contributed by atoms with Crippen LogP contribution in [0.1, 0.15) is 0 Å². The highest BCUT2D eigenvalue weighted by atomic mass is 16.3. The molecule has 8 aromatic carbocycles. The quantitative estimate of drug-likeness (QED) is 0.161. The maximum atomic E-state index is 6.41. The van der Waals surface area contributed by atoms with Gasteiger partial charge in [-0.1, -0.05) is 158 Å². The molecule has 0 amide bonds. The monoisotopic (exact) mass is 665 g/mol. The Morgan fingerprint density at radius 2 is 0.712 bits per heavy atom. The third kappa shape index (κ3) is 6.19. The van der Waals surface area contributed by atoms with E-state index in [2.05, 4.69) is 205 Å². The Kier molecular flexibility index (Phi) is 8.24. The van der Waals surface area contributed by atoms with Crippen molar-refractivity contribution in [2.24, 2.45) is 0 Å². The second-order valence-electron chi connectivity index (χ2n) is 13.0. The minimum absolute atomic E-state index is 0.865. The van der Waals surface area contributed by atoms with Crippen LogP contribution in [-0.2, 0) is 0 Å². The van der Waals surface area contributed by atoms with Gasteiger partial charge in [-0.3, -0.25) is 0 Å². The summed E-state index contributed by atoms with van der Waals surface area (Å²) in [6, 6.07) is 75.1. The lowest BCUT2D eigenvalue weighted by molar-refractivity contribution is 0.632. The van der Waals surface area contributed by atoms with Gasteiger partial charge in [-0.05, 0) is 99.1 Å². The summed E-state index contributed by atoms with van der Waals surface area (Å²) in [7, 11) is 0. The molecule has 0 saturated carbocycles. The minimum Gasteiger partial charge on any atom is -0.456 e. The summed E-state index contributed by atoms with van der Waals surface area (Å²) in [5, 5.41) is 1.10. The van der Waals surface area contributed by atoms with Crippen LogP contribution in [0, 0.1) is 0 Å². The van der Waals surface area contributed by atoms with Crippen LogP contribution in [0.15, 0.2) is 217 Å². The van der Waals surface area contributed by atoms with Crippen LogP contribution < -0.4 is 4.90 Å². The molecule has 52 heavy (non-hydrogen) atoms. The van der Waals surface area contributed by atoms with Crippen molar-refractivity contribution in [1.82, 2.24) is 0 Å². The van der Waals surface area contributed by atoms with E-state index in [-0.39, 0.29) is 0 Å². The molecular weight excluding hydrogens is 631 g/mol. The number of hydrogen-bond acceptors (Lipinski definition) is 2. The molecule has 2 nitrogen and oxygen atoms in total. The molecule has 9 aromatic rings. The largest absolute Gasteiger partial charge is 0.456 e. The van der Waals surface area contributed by atoms with E-state index in [4.69, 9.17) is 4.42 Å². The second kappa shape index (κ2) is 13.8. The number of anilines is 3. The molecule has 246 valence electrons. The Balaban J connectivity index is 1.04. The van der Waals surface area contributed by atoms with Crippen molar-refractivity contribution >= 4 is 28.0 Å². The first kappa shape index (κ1) is 31.1. The van der Waals surface area contributed by atoms with Crippen LogP contribution in [0.2, 0.25) is 0 Å². The lowest BCUT2D eigenvalue weighted by atomic mass is 9.93. The average molecular weight is 666 g/mol. The number of fused-ring (bicyclic) bond motifs is 1. The van der Waals surface area contributed by atoms with E-state index < -0.39 is 0 Å². The molecule has 1 aromatic heterocycles. The van der Waals surface area contributed by atoms with Gasteiger partial charge in [0, 0.05) is 28.0 Å². The molecule has 2 heteroatoms. The van der Waals surface area contributed by atoms with Gasteiger partial charge in [0.15, 0.2) is 0 Å². The summed E-state index contributed by atoms with van der Waals surface area (Å²) >= 11 is 0. The SMILES string of the molecule is c1ccc(-c2ccc(-c3ccc(N(c4ccccc4)c4ccc(-c5ccc(-c6ccccc6)c(-c6cc7ccccc7o6)c5)cc4)cc3)cc2)cc1. The molecule has 0 aliphatic heterocycles. The first-order chi connectivity index (χ1) is 25.8. The van der Waals surface area contributed by atoms with Crippen LogP contribution in [0.5, 0.6) is 0 Å². The van der Waals surface area contributed by atoms with E-state index >= 15 is 0 Å². The molecule has 0 atom stereocenters. The van der Waals surface area contributed by atoms with Gasteiger partial charge in [-0.25, -0.2) is 0 Å². The second-order valence-corrected chi connectivity index (χ2v) is 13.0. The zero-order chi connectivity index (χ0) is 34.7. The summed E-state index contributed by atoms with van der Waals surface area (Å²) in [5.74, 6) is 0.865. The molecule has 0 unspecified atom stereocenters. The Morgan fingerprint density at radius 3 is 1.29 bits per heavy atom. The number of rotatable bonds is 8. The van der Waals surface area contributed by atoms with Gasteiger partial charge in [-0.15, -0.1) is 0 Å². The van der Waals surface area contributed by atoms with Crippen LogP contribution in [0.25, 0.3) is 66.8 Å². The fourth-order valence-electron chi connectivity index (χ4n) is 7.03. The predicted octanol–water partition coefficient (Wildman–Crippen LogP) is 14.2. The third-order valence-corrected chi connectivity index (χ3v) is 9.72. The average Bonchev–Trinajstić information content (AvgIpc) is 3.67. The van der Waals surface area contributed by atoms with E-state index in [1.807, 2.05) is 12.1 Å². The van der Waals surface area contributed by atoms with Gasteiger partial charge >= 0.3 is 0 Å². The highest BCUT2D eigenvalue weighted by Gasteiger charge is 2.16. The fraction of sp³-hybridized carbons (Fsp3) is 0. The van der Waals surface area contributed by atoms with Gasteiger partial charge in [0.25, 0.3) is 0 Å². The number of nitrogens with zero attached hydrogens (tertiary/aromatic N) is 1. The van der Waals surface area contributed by atoms with E-state index in [1.165, 1.54) is 22.3 Å². The minimum atomic E-state index is 0.865. The predicted molar refractivity (Wildman–Crippen MR) is 218 cm³/mol. The van der Waals surface area contributed by atoms with E-state index in [1.54, 1.807) is 0 Å². The summed E-state index contributed by atoms with van der Waals surface area (Å²) in [4.78, 5) is 2.31. The van der Waals surface area contributed by atoms with Crippen molar-refractivity contribution in [3.63, 3.8) is 0 Å². The summed E-state index contributed by atoms with van der Waals surface area (Å²) in [6.07, 6.45) is 0. The fourth-order valence-corrected chi connectivity index (χ4v) is 7.03. The molecule has 0 aliphatic rings. The van der Waals surface area contributed by atoms with Crippen LogP contribution >= 0.6 is 0 Å². The Bertz CT molecular complexity index is 2540. The summed E-state index contributed by atoms with van der Waals surface area (Å²) in [6.45, 7) is 0. The van der Waals surface area contributed by atoms with Crippen molar-refractivity contribution in [1.29, 1.82) is 0 Å². The Hall–Kier alpha value is -6.90. The van der Waals surface area contributed by atoms with Crippen molar-refractivity contribution in [2.45, 2.75) is 0 Å². The molecule has 0 aliphatic carbocycles. The molecule has 0 N–H and O–H groups in total.